The van der Waals surface area contributed by atoms with E-state index in [0.29, 0.717) is 23.0 Å². The first-order valence-electron chi connectivity index (χ1n) is 6.29. The van der Waals surface area contributed by atoms with Crippen LogP contribution in [-0.2, 0) is 4.79 Å². The molecule has 4 amide bonds. The highest BCUT2D eigenvalue weighted by Crippen LogP contribution is 2.28. The largest absolute Gasteiger partial charge is 0.336 e. The van der Waals surface area contributed by atoms with Gasteiger partial charge in [0.15, 0.2) is 0 Å². The van der Waals surface area contributed by atoms with Crippen LogP contribution in [0.15, 0.2) is 27.1 Å². The zero-order valence-electron chi connectivity index (χ0n) is 10.8. The number of urea groups is 1. The fourth-order valence-corrected chi connectivity index (χ4v) is 3.41. The number of rotatable bonds is 1. The van der Waals surface area contributed by atoms with E-state index in [1.165, 1.54) is 0 Å². The second-order valence-corrected chi connectivity index (χ2v) is 6.86. The Kier molecular flexibility index (Phi) is 3.53. The second kappa shape index (κ2) is 5.10. The maximum atomic E-state index is 12.6. The number of imide groups is 1. The summed E-state index contributed by atoms with van der Waals surface area (Å²) in [5.74, 6) is -0.537. The van der Waals surface area contributed by atoms with Crippen LogP contribution in [0.3, 0.4) is 0 Å². The molecule has 3 rings (SSSR count). The van der Waals surface area contributed by atoms with Gasteiger partial charge in [0, 0.05) is 15.5 Å². The molecule has 1 aromatic rings. The van der Waals surface area contributed by atoms with Gasteiger partial charge in [-0.15, -0.1) is 0 Å². The number of benzene rings is 1. The van der Waals surface area contributed by atoms with E-state index in [4.69, 9.17) is 0 Å². The molecule has 2 aliphatic heterocycles. The molecule has 0 saturated carbocycles. The van der Waals surface area contributed by atoms with Crippen LogP contribution >= 0.6 is 31.9 Å². The van der Waals surface area contributed by atoms with Crippen molar-refractivity contribution < 1.29 is 14.4 Å². The van der Waals surface area contributed by atoms with Gasteiger partial charge in [-0.3, -0.25) is 14.9 Å². The lowest BCUT2D eigenvalue weighted by molar-refractivity contribution is -0.123. The number of likely N-dealkylation sites (tertiary alicyclic amines) is 1. The summed E-state index contributed by atoms with van der Waals surface area (Å²) in [6.07, 6.45) is 0.419. The van der Waals surface area contributed by atoms with Crippen molar-refractivity contribution in [1.29, 1.82) is 0 Å². The fourth-order valence-electron chi connectivity index (χ4n) is 2.63. The lowest BCUT2D eigenvalue weighted by Gasteiger charge is -2.21. The average molecular weight is 417 g/mol. The topological polar surface area (TPSA) is 78.5 Å². The Balaban J connectivity index is 1.83. The third kappa shape index (κ3) is 2.46. The molecule has 6 nitrogen and oxygen atoms in total. The molecule has 21 heavy (non-hydrogen) atoms. The van der Waals surface area contributed by atoms with Crippen molar-refractivity contribution in [1.82, 2.24) is 15.5 Å². The van der Waals surface area contributed by atoms with Gasteiger partial charge in [-0.2, -0.15) is 0 Å². The van der Waals surface area contributed by atoms with Crippen LogP contribution < -0.4 is 10.6 Å². The molecule has 2 aliphatic rings. The molecule has 110 valence electrons. The summed E-state index contributed by atoms with van der Waals surface area (Å²) < 4.78 is 1.49. The molecule has 2 heterocycles. The molecule has 2 saturated heterocycles. The fraction of sp³-hybridized carbons (Fsp3) is 0.308. The first-order chi connectivity index (χ1) is 9.91. The lowest BCUT2D eigenvalue weighted by Crippen LogP contribution is -2.49. The van der Waals surface area contributed by atoms with Crippen molar-refractivity contribution in [2.24, 2.45) is 0 Å². The van der Waals surface area contributed by atoms with E-state index in [2.05, 4.69) is 42.5 Å². The van der Waals surface area contributed by atoms with E-state index in [9.17, 15) is 14.4 Å². The lowest BCUT2D eigenvalue weighted by atomic mass is 9.99. The Morgan fingerprint density at radius 2 is 2.05 bits per heavy atom. The van der Waals surface area contributed by atoms with Crippen LogP contribution in [0.2, 0.25) is 0 Å². The third-order valence-corrected chi connectivity index (χ3v) is 4.91. The quantitative estimate of drug-likeness (QED) is 0.683. The molecule has 1 unspecified atom stereocenters. The molecule has 1 aromatic carbocycles. The highest BCUT2D eigenvalue weighted by molar-refractivity contribution is 9.11. The molecule has 1 atom stereocenters. The van der Waals surface area contributed by atoms with Gasteiger partial charge in [-0.05, 0) is 40.5 Å². The number of nitrogens with one attached hydrogen (secondary N) is 2. The predicted octanol–water partition coefficient (Wildman–Crippen LogP) is 1.64. The predicted molar refractivity (Wildman–Crippen MR) is 81.8 cm³/mol. The molecule has 2 fully saturated rings. The number of halogens is 2. The van der Waals surface area contributed by atoms with E-state index in [0.717, 1.165) is 4.47 Å². The maximum Gasteiger partial charge on any atom is 0.322 e. The van der Waals surface area contributed by atoms with E-state index in [1.807, 2.05) is 6.07 Å². The van der Waals surface area contributed by atoms with Crippen molar-refractivity contribution in [2.75, 3.05) is 13.1 Å². The summed E-state index contributed by atoms with van der Waals surface area (Å²) in [6, 6.07) is 4.84. The molecule has 0 radical (unpaired) electrons. The maximum absolute atomic E-state index is 12.6. The number of hydrogen-bond donors (Lipinski definition) is 2. The van der Waals surface area contributed by atoms with Gasteiger partial charge in [0.1, 0.15) is 5.54 Å². The monoisotopic (exact) mass is 415 g/mol. The molecule has 0 aromatic heterocycles. The summed E-state index contributed by atoms with van der Waals surface area (Å²) in [4.78, 5) is 37.3. The molecule has 8 heteroatoms. The minimum Gasteiger partial charge on any atom is -0.336 e. The van der Waals surface area contributed by atoms with Crippen LogP contribution in [0, 0.1) is 0 Å². The Morgan fingerprint density at radius 3 is 2.71 bits per heavy atom. The van der Waals surface area contributed by atoms with Gasteiger partial charge in [0.2, 0.25) is 0 Å². The summed E-state index contributed by atoms with van der Waals surface area (Å²) in [6.45, 7) is 0.605. The van der Waals surface area contributed by atoms with Gasteiger partial charge in [0.25, 0.3) is 11.8 Å². The Morgan fingerprint density at radius 1 is 1.29 bits per heavy atom. The second-order valence-electron chi connectivity index (χ2n) is 5.09. The van der Waals surface area contributed by atoms with Crippen molar-refractivity contribution in [3.8, 4) is 0 Å². The van der Waals surface area contributed by atoms with Gasteiger partial charge >= 0.3 is 6.03 Å². The van der Waals surface area contributed by atoms with E-state index in [1.54, 1.807) is 17.0 Å². The molecular formula is C13H11Br2N3O3. The van der Waals surface area contributed by atoms with Crippen molar-refractivity contribution in [2.45, 2.75) is 12.0 Å². The zero-order chi connectivity index (χ0) is 15.2. The number of carbonyl (C=O) groups excluding carboxylic acids is 3. The summed E-state index contributed by atoms with van der Waals surface area (Å²) in [7, 11) is 0. The number of carbonyl (C=O) groups is 3. The van der Waals surface area contributed by atoms with Gasteiger partial charge in [-0.25, -0.2) is 4.79 Å². The van der Waals surface area contributed by atoms with Gasteiger partial charge < -0.3 is 10.2 Å². The van der Waals surface area contributed by atoms with E-state index in [-0.39, 0.29) is 18.4 Å². The first-order valence-corrected chi connectivity index (χ1v) is 7.88. The van der Waals surface area contributed by atoms with Crippen LogP contribution in [-0.4, -0.2) is 41.4 Å². The molecule has 0 aliphatic carbocycles. The van der Waals surface area contributed by atoms with Gasteiger partial charge in [-0.1, -0.05) is 15.9 Å². The standard InChI is InChI=1S/C13H11Br2N3O3/c14-7-1-2-9(15)8(5-7)10(19)18-4-3-13(6-18)11(20)16-12(21)17-13/h1-2,5H,3-4,6H2,(H2,16,17,20,21). The third-order valence-electron chi connectivity index (χ3n) is 3.73. The molecule has 2 N–H and O–H groups in total. The Bertz CT molecular complexity index is 664. The number of nitrogens with zero attached hydrogens (tertiary/aromatic N) is 1. The van der Waals surface area contributed by atoms with Crippen molar-refractivity contribution in [3.05, 3.63) is 32.7 Å². The normalized spacial score (nSPS) is 24.4. The summed E-state index contributed by atoms with van der Waals surface area (Å²) in [5, 5.41) is 4.85. The van der Waals surface area contributed by atoms with Crippen LogP contribution in [0.5, 0.6) is 0 Å². The Hall–Kier alpha value is -1.41. The highest BCUT2D eigenvalue weighted by atomic mass is 79.9. The Labute approximate surface area is 137 Å². The SMILES string of the molecule is O=C1NC(=O)C2(CCN(C(=O)c3cc(Br)ccc3Br)C2)N1. The smallest absolute Gasteiger partial charge is 0.322 e. The summed E-state index contributed by atoms with van der Waals surface area (Å²) in [5.41, 5.74) is -0.461. The molecule has 0 bridgehead atoms. The zero-order valence-corrected chi connectivity index (χ0v) is 14.0. The number of amides is 4. The minimum atomic E-state index is -0.981. The van der Waals surface area contributed by atoms with E-state index >= 15 is 0 Å². The highest BCUT2D eigenvalue weighted by Gasteiger charge is 2.51. The first kappa shape index (κ1) is 14.5. The average Bonchev–Trinajstić information content (AvgIpc) is 2.97. The minimum absolute atomic E-state index is 0.172. The van der Waals surface area contributed by atoms with Crippen LogP contribution in [0.25, 0.3) is 0 Å². The van der Waals surface area contributed by atoms with Crippen molar-refractivity contribution in [3.63, 3.8) is 0 Å². The van der Waals surface area contributed by atoms with Crippen LogP contribution in [0.1, 0.15) is 16.8 Å². The van der Waals surface area contributed by atoms with Crippen molar-refractivity contribution >= 4 is 49.7 Å². The van der Waals surface area contributed by atoms with E-state index < -0.39 is 11.6 Å². The molecular weight excluding hydrogens is 406 g/mol. The van der Waals surface area contributed by atoms with Crippen LogP contribution in [0.4, 0.5) is 4.79 Å². The van der Waals surface area contributed by atoms with Gasteiger partial charge in [0.05, 0.1) is 12.1 Å². The molecule has 1 spiro atoms. The number of hydrogen-bond acceptors (Lipinski definition) is 3. The summed E-state index contributed by atoms with van der Waals surface area (Å²) >= 11 is 6.69.